The molecule has 1 N–H and O–H groups in total. The van der Waals surface area contributed by atoms with Gasteiger partial charge in [-0.15, -0.1) is 21.5 Å². The Morgan fingerprint density at radius 2 is 2.06 bits per heavy atom. The molecule has 2 aromatic heterocycles. The van der Waals surface area contributed by atoms with Crippen molar-refractivity contribution >= 4 is 34.0 Å². The van der Waals surface area contributed by atoms with Crippen molar-refractivity contribution in [1.82, 2.24) is 10.2 Å². The number of hydrogen-bond donors (Lipinski definition) is 1. The molecule has 1 aliphatic carbocycles. The minimum absolute atomic E-state index is 0.0982. The number of anilines is 1. The molecule has 1 aliphatic rings. The van der Waals surface area contributed by atoms with Crippen LogP contribution in [0.2, 0.25) is 0 Å². The second kappa shape index (κ2) is 9.41. The monoisotopic (exact) mass is 456 g/mol. The number of carbonyl (C=O) groups excluding carboxylic acids is 1. The van der Waals surface area contributed by atoms with Crippen LogP contribution >= 0.6 is 23.1 Å². The van der Waals surface area contributed by atoms with Crippen LogP contribution in [0.25, 0.3) is 11.5 Å². The number of ether oxygens (including phenoxy) is 2. The Morgan fingerprint density at radius 3 is 2.84 bits per heavy atom. The van der Waals surface area contributed by atoms with Crippen molar-refractivity contribution in [2.75, 3.05) is 25.3 Å². The van der Waals surface area contributed by atoms with Gasteiger partial charge in [-0.1, -0.05) is 11.8 Å². The Balaban J connectivity index is 1.40. The molecule has 8 nitrogen and oxygen atoms in total. The highest BCUT2D eigenvalue weighted by Gasteiger charge is 2.22. The molecular weight excluding hydrogens is 436 g/mol. The Bertz CT molecular complexity index is 1150. The number of aromatic nitrogens is 2. The summed E-state index contributed by atoms with van der Waals surface area (Å²) in [4.78, 5) is 13.7. The molecule has 0 unspecified atom stereocenters. The normalized spacial score (nSPS) is 12.7. The second-order valence-electron chi connectivity index (χ2n) is 6.81. The quantitative estimate of drug-likeness (QED) is 0.524. The number of rotatable bonds is 7. The minimum Gasteiger partial charge on any atom is -0.493 e. The van der Waals surface area contributed by atoms with Gasteiger partial charge in [0.05, 0.1) is 25.5 Å². The van der Waals surface area contributed by atoms with Crippen molar-refractivity contribution in [3.8, 4) is 29.0 Å². The molecule has 1 amide bonds. The number of methoxy groups -OCH3 is 2. The fourth-order valence-corrected chi connectivity index (χ4v) is 5.24. The van der Waals surface area contributed by atoms with E-state index in [4.69, 9.17) is 13.9 Å². The number of benzene rings is 1. The molecule has 2 heterocycles. The predicted molar refractivity (Wildman–Crippen MR) is 118 cm³/mol. The van der Waals surface area contributed by atoms with E-state index in [9.17, 15) is 10.1 Å². The first kappa shape index (κ1) is 21.2. The molecular formula is C21H20N4O4S2. The van der Waals surface area contributed by atoms with Crippen molar-refractivity contribution in [2.24, 2.45) is 0 Å². The van der Waals surface area contributed by atoms with E-state index < -0.39 is 0 Å². The molecule has 0 saturated heterocycles. The van der Waals surface area contributed by atoms with Crippen molar-refractivity contribution < 1.29 is 18.7 Å². The molecule has 0 fully saturated rings. The van der Waals surface area contributed by atoms with Crippen LogP contribution in [-0.4, -0.2) is 36.1 Å². The molecule has 0 bridgehead atoms. The molecule has 0 saturated carbocycles. The van der Waals surface area contributed by atoms with Gasteiger partial charge < -0.3 is 19.2 Å². The molecule has 0 atom stereocenters. The third-order valence-electron chi connectivity index (χ3n) is 4.90. The zero-order chi connectivity index (χ0) is 21.8. The highest BCUT2D eigenvalue weighted by Crippen LogP contribution is 2.38. The van der Waals surface area contributed by atoms with Gasteiger partial charge in [0.15, 0.2) is 11.5 Å². The number of carbonyl (C=O) groups is 1. The van der Waals surface area contributed by atoms with Gasteiger partial charge in [0.1, 0.15) is 11.1 Å². The maximum Gasteiger partial charge on any atom is 0.277 e. The van der Waals surface area contributed by atoms with Crippen molar-refractivity contribution in [3.63, 3.8) is 0 Å². The van der Waals surface area contributed by atoms with Crippen LogP contribution in [0, 0.1) is 11.3 Å². The summed E-state index contributed by atoms with van der Waals surface area (Å²) in [5.41, 5.74) is 2.38. The van der Waals surface area contributed by atoms with Gasteiger partial charge in [-0.3, -0.25) is 4.79 Å². The molecule has 1 aromatic carbocycles. The molecule has 3 aromatic rings. The first-order chi connectivity index (χ1) is 15.1. The van der Waals surface area contributed by atoms with E-state index in [0.29, 0.717) is 33.5 Å². The standard InChI is InChI=1S/C21H20N4O4S2/c1-27-15-8-7-12(9-16(15)28-2)19-24-25-21(29-19)30-11-18(26)23-20-14(10-22)13-5-3-4-6-17(13)31-20/h7-9H,3-6,11H2,1-2H3,(H,23,26). The number of fused-ring (bicyclic) bond motifs is 1. The van der Waals surface area contributed by atoms with Crippen LogP contribution in [0.5, 0.6) is 11.5 Å². The van der Waals surface area contributed by atoms with E-state index in [1.165, 1.54) is 16.2 Å². The summed E-state index contributed by atoms with van der Waals surface area (Å²) in [6.45, 7) is 0. The van der Waals surface area contributed by atoms with Gasteiger partial charge in [-0.05, 0) is 49.4 Å². The number of amides is 1. The number of aryl methyl sites for hydroxylation is 1. The van der Waals surface area contributed by atoms with Gasteiger partial charge in [-0.25, -0.2) is 0 Å². The molecule has 0 spiro atoms. The van der Waals surface area contributed by atoms with Gasteiger partial charge in [0.25, 0.3) is 5.22 Å². The van der Waals surface area contributed by atoms with Crippen LogP contribution < -0.4 is 14.8 Å². The zero-order valence-corrected chi connectivity index (χ0v) is 18.7. The molecule has 31 heavy (non-hydrogen) atoms. The molecule has 160 valence electrons. The average molecular weight is 457 g/mol. The number of nitrogens with one attached hydrogen (secondary N) is 1. The maximum absolute atomic E-state index is 12.4. The summed E-state index contributed by atoms with van der Waals surface area (Å²) in [5, 5.41) is 21.4. The van der Waals surface area contributed by atoms with E-state index in [-0.39, 0.29) is 16.9 Å². The van der Waals surface area contributed by atoms with E-state index in [1.54, 1.807) is 32.4 Å². The number of thioether (sulfide) groups is 1. The van der Waals surface area contributed by atoms with Crippen LogP contribution in [0.15, 0.2) is 27.8 Å². The van der Waals surface area contributed by atoms with Crippen LogP contribution in [0.3, 0.4) is 0 Å². The molecule has 4 rings (SSSR count). The van der Waals surface area contributed by atoms with Gasteiger partial charge in [-0.2, -0.15) is 5.26 Å². The second-order valence-corrected chi connectivity index (χ2v) is 8.84. The predicted octanol–water partition coefficient (Wildman–Crippen LogP) is 4.30. The molecule has 0 aliphatic heterocycles. The van der Waals surface area contributed by atoms with Gasteiger partial charge >= 0.3 is 0 Å². The number of thiophene rings is 1. The Morgan fingerprint density at radius 1 is 1.26 bits per heavy atom. The number of hydrogen-bond acceptors (Lipinski definition) is 9. The topological polar surface area (TPSA) is 110 Å². The van der Waals surface area contributed by atoms with E-state index >= 15 is 0 Å². The zero-order valence-electron chi connectivity index (χ0n) is 17.1. The van der Waals surface area contributed by atoms with Crippen LogP contribution in [0.1, 0.15) is 28.8 Å². The Hall–Kier alpha value is -3.03. The van der Waals surface area contributed by atoms with Gasteiger partial charge in [0.2, 0.25) is 11.8 Å². The highest BCUT2D eigenvalue weighted by atomic mass is 32.2. The van der Waals surface area contributed by atoms with E-state index in [2.05, 4.69) is 21.6 Å². The maximum atomic E-state index is 12.4. The Kier molecular flexibility index (Phi) is 6.44. The van der Waals surface area contributed by atoms with Crippen molar-refractivity contribution in [2.45, 2.75) is 30.9 Å². The average Bonchev–Trinajstić information content (AvgIpc) is 3.41. The number of nitrogens with zero attached hydrogens (tertiary/aromatic N) is 3. The summed E-state index contributed by atoms with van der Waals surface area (Å²) >= 11 is 2.65. The summed E-state index contributed by atoms with van der Waals surface area (Å²) in [6.07, 6.45) is 4.09. The third kappa shape index (κ3) is 4.52. The van der Waals surface area contributed by atoms with Gasteiger partial charge in [0, 0.05) is 10.4 Å². The number of nitriles is 1. The smallest absolute Gasteiger partial charge is 0.277 e. The van der Waals surface area contributed by atoms with E-state index in [0.717, 1.165) is 43.0 Å². The van der Waals surface area contributed by atoms with Crippen LogP contribution in [0.4, 0.5) is 5.00 Å². The lowest BCUT2D eigenvalue weighted by Crippen LogP contribution is -2.14. The van der Waals surface area contributed by atoms with Crippen molar-refractivity contribution in [3.05, 3.63) is 34.2 Å². The molecule has 10 heteroatoms. The highest BCUT2D eigenvalue weighted by molar-refractivity contribution is 7.99. The minimum atomic E-state index is -0.217. The van der Waals surface area contributed by atoms with Crippen molar-refractivity contribution in [1.29, 1.82) is 5.26 Å². The van der Waals surface area contributed by atoms with E-state index in [1.807, 2.05) is 0 Å². The lowest BCUT2D eigenvalue weighted by Gasteiger charge is -2.09. The SMILES string of the molecule is COc1ccc(-c2nnc(SCC(=O)Nc3sc4c(c3C#N)CCCC4)o2)cc1OC. The first-order valence-electron chi connectivity index (χ1n) is 9.66. The summed E-state index contributed by atoms with van der Waals surface area (Å²) in [6, 6.07) is 7.54. The van der Waals surface area contributed by atoms with Crippen LogP contribution in [-0.2, 0) is 17.6 Å². The lowest BCUT2D eigenvalue weighted by atomic mass is 9.96. The first-order valence-corrected chi connectivity index (χ1v) is 11.5. The summed E-state index contributed by atoms with van der Waals surface area (Å²) < 4.78 is 16.2. The third-order valence-corrected chi connectivity index (χ3v) is 6.93. The largest absolute Gasteiger partial charge is 0.493 e. The fourth-order valence-electron chi connectivity index (χ4n) is 3.42. The molecule has 0 radical (unpaired) electrons. The lowest BCUT2D eigenvalue weighted by molar-refractivity contribution is -0.113. The Labute approximate surface area is 187 Å². The fraction of sp³-hybridized carbons (Fsp3) is 0.333. The summed E-state index contributed by atoms with van der Waals surface area (Å²) in [5.74, 6) is 1.36. The summed E-state index contributed by atoms with van der Waals surface area (Å²) in [7, 11) is 3.12.